The van der Waals surface area contributed by atoms with Crippen molar-refractivity contribution >= 4 is 0 Å². The van der Waals surface area contributed by atoms with E-state index in [4.69, 9.17) is 14.7 Å². The number of nitriles is 1. The van der Waals surface area contributed by atoms with E-state index in [1.807, 2.05) is 0 Å². The Hall–Kier alpha value is -0.590. The van der Waals surface area contributed by atoms with Crippen molar-refractivity contribution in [3.8, 4) is 6.07 Å². The summed E-state index contributed by atoms with van der Waals surface area (Å²) in [5.74, 6) is 0. The van der Waals surface area contributed by atoms with E-state index < -0.39 is 0 Å². The molecule has 3 heteroatoms. The van der Waals surface area contributed by atoms with Crippen molar-refractivity contribution in [2.75, 3.05) is 19.8 Å². The Morgan fingerprint density at radius 3 is 2.11 bits per heavy atom. The highest BCUT2D eigenvalue weighted by Gasteiger charge is 2.29. The van der Waals surface area contributed by atoms with E-state index in [9.17, 15) is 0 Å². The van der Waals surface area contributed by atoms with Crippen molar-refractivity contribution in [1.82, 2.24) is 0 Å². The quantitative estimate of drug-likeness (QED) is 0.621. The first-order valence-electron chi connectivity index (χ1n) is 7.23. The molecule has 0 amide bonds. The normalized spacial score (nSPS) is 14.2. The van der Waals surface area contributed by atoms with E-state index in [1.165, 1.54) is 0 Å². The predicted octanol–water partition coefficient (Wildman–Crippen LogP) is 4.17. The Morgan fingerprint density at radius 2 is 1.63 bits per heavy atom. The van der Waals surface area contributed by atoms with Crippen molar-refractivity contribution in [1.29, 1.82) is 5.26 Å². The van der Waals surface area contributed by atoms with Crippen LogP contribution in [0, 0.1) is 22.2 Å². The van der Waals surface area contributed by atoms with Gasteiger partial charge >= 0.3 is 0 Å². The molecular formula is C16H31NO2. The minimum absolute atomic E-state index is 0.162. The largest absolute Gasteiger partial charge is 0.380 e. The Kier molecular flexibility index (Phi) is 8.29. The van der Waals surface area contributed by atoms with Gasteiger partial charge in [0.2, 0.25) is 0 Å². The minimum atomic E-state index is 0.162. The van der Waals surface area contributed by atoms with Crippen LogP contribution in [0.1, 0.15) is 60.8 Å². The van der Waals surface area contributed by atoms with Gasteiger partial charge in [0.15, 0.2) is 0 Å². The number of hydrogen-bond acceptors (Lipinski definition) is 3. The highest BCUT2D eigenvalue weighted by Crippen LogP contribution is 2.32. The zero-order chi connectivity index (χ0) is 14.9. The van der Waals surface area contributed by atoms with Crippen LogP contribution in [0.2, 0.25) is 0 Å². The van der Waals surface area contributed by atoms with Gasteiger partial charge in [0.25, 0.3) is 0 Å². The zero-order valence-electron chi connectivity index (χ0n) is 13.6. The predicted molar refractivity (Wildman–Crippen MR) is 78.9 cm³/mol. The number of ether oxygens (including phenoxy) is 2. The topological polar surface area (TPSA) is 42.2 Å². The molecule has 0 saturated heterocycles. The molecule has 3 nitrogen and oxygen atoms in total. The minimum Gasteiger partial charge on any atom is -0.380 e. The first-order chi connectivity index (χ1) is 8.67. The van der Waals surface area contributed by atoms with Crippen LogP contribution < -0.4 is 0 Å². The van der Waals surface area contributed by atoms with Gasteiger partial charge in [0, 0.05) is 13.2 Å². The molecule has 0 aliphatic heterocycles. The van der Waals surface area contributed by atoms with Gasteiger partial charge in [0.05, 0.1) is 25.2 Å². The number of nitrogens with zero attached hydrogens (tertiary/aromatic N) is 1. The molecule has 1 atom stereocenters. The average molecular weight is 269 g/mol. The fraction of sp³-hybridized carbons (Fsp3) is 0.938. The number of rotatable bonds is 8. The first-order valence-corrected chi connectivity index (χ1v) is 7.23. The molecule has 0 aromatic rings. The molecule has 1 unspecified atom stereocenters. The van der Waals surface area contributed by atoms with Gasteiger partial charge in [0.1, 0.15) is 0 Å². The van der Waals surface area contributed by atoms with Crippen molar-refractivity contribution in [2.24, 2.45) is 10.8 Å². The Labute approximate surface area is 119 Å². The molecule has 0 rings (SSSR count). The summed E-state index contributed by atoms with van der Waals surface area (Å²) in [4.78, 5) is 0. The van der Waals surface area contributed by atoms with E-state index in [-0.39, 0.29) is 16.9 Å². The zero-order valence-corrected chi connectivity index (χ0v) is 13.6. The molecule has 0 radical (unpaired) electrons. The van der Waals surface area contributed by atoms with E-state index in [0.29, 0.717) is 19.6 Å². The molecule has 112 valence electrons. The molecule has 19 heavy (non-hydrogen) atoms. The monoisotopic (exact) mass is 269 g/mol. The third-order valence-electron chi connectivity index (χ3n) is 2.87. The van der Waals surface area contributed by atoms with E-state index in [0.717, 1.165) is 19.4 Å². The Balaban J connectivity index is 3.92. The summed E-state index contributed by atoms with van der Waals surface area (Å²) in [5, 5.41) is 8.38. The van der Waals surface area contributed by atoms with Gasteiger partial charge in [-0.05, 0) is 23.7 Å². The highest BCUT2D eigenvalue weighted by atomic mass is 16.5. The molecular weight excluding hydrogens is 238 g/mol. The molecule has 0 aliphatic carbocycles. The second-order valence-corrected chi connectivity index (χ2v) is 7.36. The summed E-state index contributed by atoms with van der Waals surface area (Å²) in [6, 6.07) is 2.07. The van der Waals surface area contributed by atoms with Crippen LogP contribution >= 0.6 is 0 Å². The molecule has 0 aromatic heterocycles. The maximum atomic E-state index is 8.38. The summed E-state index contributed by atoms with van der Waals surface area (Å²) in [5.41, 5.74) is 0.441. The maximum absolute atomic E-state index is 8.38. The van der Waals surface area contributed by atoms with Crippen LogP contribution in [0.5, 0.6) is 0 Å². The average Bonchev–Trinajstić information content (AvgIpc) is 2.23. The smallest absolute Gasteiger partial charge is 0.0645 e. The van der Waals surface area contributed by atoms with Crippen molar-refractivity contribution in [2.45, 2.75) is 66.9 Å². The second kappa shape index (κ2) is 8.55. The molecule has 0 saturated carbocycles. The van der Waals surface area contributed by atoms with Crippen LogP contribution in [0.4, 0.5) is 0 Å². The van der Waals surface area contributed by atoms with E-state index in [1.54, 1.807) is 0 Å². The highest BCUT2D eigenvalue weighted by molar-refractivity contribution is 4.79. The Morgan fingerprint density at radius 1 is 1.00 bits per heavy atom. The van der Waals surface area contributed by atoms with E-state index >= 15 is 0 Å². The molecule has 0 bridgehead atoms. The van der Waals surface area contributed by atoms with Crippen LogP contribution in [0.15, 0.2) is 0 Å². The lowest BCUT2D eigenvalue weighted by atomic mass is 9.78. The molecule has 0 fully saturated rings. The summed E-state index contributed by atoms with van der Waals surface area (Å²) in [6.07, 6.45) is 2.69. The molecule has 0 aliphatic rings. The lowest BCUT2D eigenvalue weighted by Gasteiger charge is -2.35. The lowest BCUT2D eigenvalue weighted by molar-refractivity contribution is -0.0465. The van der Waals surface area contributed by atoms with Crippen molar-refractivity contribution < 1.29 is 9.47 Å². The SMILES string of the molecule is CC(C)(C)CC(OCCCOCCC#N)C(C)(C)C. The fourth-order valence-corrected chi connectivity index (χ4v) is 1.78. The van der Waals surface area contributed by atoms with Gasteiger partial charge in [-0.15, -0.1) is 0 Å². The lowest BCUT2D eigenvalue weighted by Crippen LogP contribution is -2.33. The summed E-state index contributed by atoms with van der Waals surface area (Å²) in [7, 11) is 0. The standard InChI is InChI=1S/C16H31NO2/c1-15(2,3)13-14(16(4,5)6)19-12-8-11-18-10-7-9-17/h14H,7-8,10-13H2,1-6H3. The number of hydrogen-bond donors (Lipinski definition) is 0. The summed E-state index contributed by atoms with van der Waals surface area (Å²) >= 11 is 0. The third kappa shape index (κ3) is 11.0. The molecule has 0 spiro atoms. The van der Waals surface area contributed by atoms with Gasteiger partial charge in [-0.1, -0.05) is 41.5 Å². The second-order valence-electron chi connectivity index (χ2n) is 7.36. The fourth-order valence-electron chi connectivity index (χ4n) is 1.78. The first kappa shape index (κ1) is 18.4. The van der Waals surface area contributed by atoms with Crippen LogP contribution in [0.3, 0.4) is 0 Å². The van der Waals surface area contributed by atoms with Crippen molar-refractivity contribution in [3.05, 3.63) is 0 Å². The van der Waals surface area contributed by atoms with E-state index in [2.05, 4.69) is 47.6 Å². The van der Waals surface area contributed by atoms with Crippen LogP contribution in [-0.2, 0) is 9.47 Å². The molecule has 0 aromatic carbocycles. The van der Waals surface area contributed by atoms with Gasteiger partial charge in [-0.3, -0.25) is 0 Å². The summed E-state index contributed by atoms with van der Waals surface area (Å²) in [6.45, 7) is 15.4. The third-order valence-corrected chi connectivity index (χ3v) is 2.87. The van der Waals surface area contributed by atoms with Gasteiger partial charge in [-0.25, -0.2) is 0 Å². The molecule has 0 N–H and O–H groups in total. The van der Waals surface area contributed by atoms with Crippen LogP contribution in [0.25, 0.3) is 0 Å². The maximum Gasteiger partial charge on any atom is 0.0645 e. The van der Waals surface area contributed by atoms with Gasteiger partial charge < -0.3 is 9.47 Å². The molecule has 0 heterocycles. The van der Waals surface area contributed by atoms with Crippen LogP contribution in [-0.4, -0.2) is 25.9 Å². The van der Waals surface area contributed by atoms with Crippen molar-refractivity contribution in [3.63, 3.8) is 0 Å². The Bertz CT molecular complexity index is 268. The summed E-state index contributed by atoms with van der Waals surface area (Å²) < 4.78 is 11.4. The van der Waals surface area contributed by atoms with Gasteiger partial charge in [-0.2, -0.15) is 5.26 Å².